The number of hydrogen-bond acceptors (Lipinski definition) is 4. The second-order valence-corrected chi connectivity index (χ2v) is 6.46. The van der Waals surface area contributed by atoms with Crippen LogP contribution in [-0.2, 0) is 16.1 Å². The Bertz CT molecular complexity index is 789. The normalized spacial score (nSPS) is 10.2. The summed E-state index contributed by atoms with van der Waals surface area (Å²) in [5, 5.41) is 2.75. The predicted octanol–water partition coefficient (Wildman–Crippen LogP) is 2.33. The zero-order valence-corrected chi connectivity index (χ0v) is 16.0. The lowest BCUT2D eigenvalue weighted by Crippen LogP contribution is -2.42. The first-order chi connectivity index (χ1) is 13.4. The third kappa shape index (κ3) is 7.49. The van der Waals surface area contributed by atoms with Gasteiger partial charge in [-0.05, 0) is 43.7 Å². The van der Waals surface area contributed by atoms with Gasteiger partial charge in [-0.1, -0.05) is 30.3 Å². The van der Waals surface area contributed by atoms with Crippen LogP contribution in [0.2, 0.25) is 0 Å². The summed E-state index contributed by atoms with van der Waals surface area (Å²) < 4.78 is 5.51. The van der Waals surface area contributed by atoms with E-state index in [-0.39, 0.29) is 24.9 Å². The quantitative estimate of drug-likeness (QED) is 0.610. The van der Waals surface area contributed by atoms with Gasteiger partial charge in [0.15, 0.2) is 0 Å². The van der Waals surface area contributed by atoms with Crippen molar-refractivity contribution in [2.75, 3.05) is 0 Å². The number of amides is 3. The van der Waals surface area contributed by atoms with Crippen LogP contribution in [0.25, 0.3) is 0 Å². The monoisotopic (exact) mass is 383 g/mol. The Morgan fingerprint density at radius 2 is 1.50 bits per heavy atom. The van der Waals surface area contributed by atoms with Gasteiger partial charge in [0.05, 0.1) is 6.10 Å². The van der Waals surface area contributed by atoms with Crippen molar-refractivity contribution in [1.29, 1.82) is 0 Å². The Hall–Kier alpha value is -3.35. The van der Waals surface area contributed by atoms with Crippen molar-refractivity contribution in [1.82, 2.24) is 16.2 Å². The molecule has 0 spiro atoms. The standard InChI is InChI=1S/C21H25N3O4/c1-15(2)28-18-10-8-17(9-11-18)21(27)24-23-20(26)13-12-19(25)22-14-16-6-4-3-5-7-16/h3-11,15H,12-14H2,1-2H3,(H,22,25)(H,23,26)(H,24,27). The van der Waals surface area contributed by atoms with E-state index in [0.29, 0.717) is 17.9 Å². The molecule has 0 radical (unpaired) electrons. The zero-order valence-electron chi connectivity index (χ0n) is 16.0. The zero-order chi connectivity index (χ0) is 20.4. The molecule has 0 aliphatic heterocycles. The lowest BCUT2D eigenvalue weighted by atomic mass is 10.2. The van der Waals surface area contributed by atoms with E-state index in [1.54, 1.807) is 24.3 Å². The van der Waals surface area contributed by atoms with E-state index in [1.165, 1.54) is 0 Å². The highest BCUT2D eigenvalue weighted by Gasteiger charge is 2.10. The predicted molar refractivity (Wildman–Crippen MR) is 105 cm³/mol. The molecule has 0 bridgehead atoms. The van der Waals surface area contributed by atoms with Crippen LogP contribution in [0.4, 0.5) is 0 Å². The molecule has 2 aromatic carbocycles. The van der Waals surface area contributed by atoms with Crippen LogP contribution in [0, 0.1) is 0 Å². The van der Waals surface area contributed by atoms with Crippen molar-refractivity contribution in [3.8, 4) is 5.75 Å². The Kier molecular flexibility index (Phi) is 8.02. The Morgan fingerprint density at radius 1 is 0.857 bits per heavy atom. The van der Waals surface area contributed by atoms with Gasteiger partial charge in [0.1, 0.15) is 5.75 Å². The molecular weight excluding hydrogens is 358 g/mol. The van der Waals surface area contributed by atoms with Crippen LogP contribution in [0.3, 0.4) is 0 Å². The smallest absolute Gasteiger partial charge is 0.269 e. The second-order valence-electron chi connectivity index (χ2n) is 6.46. The summed E-state index contributed by atoms with van der Waals surface area (Å²) in [6, 6.07) is 16.1. The topological polar surface area (TPSA) is 96.5 Å². The van der Waals surface area contributed by atoms with Crippen molar-refractivity contribution in [3.05, 3.63) is 65.7 Å². The van der Waals surface area contributed by atoms with Gasteiger partial charge >= 0.3 is 0 Å². The van der Waals surface area contributed by atoms with E-state index in [1.807, 2.05) is 44.2 Å². The summed E-state index contributed by atoms with van der Waals surface area (Å²) in [5.74, 6) is -0.455. The molecule has 0 heterocycles. The van der Waals surface area contributed by atoms with Gasteiger partial charge in [-0.15, -0.1) is 0 Å². The molecule has 7 nitrogen and oxygen atoms in total. The molecule has 0 fully saturated rings. The lowest BCUT2D eigenvalue weighted by molar-refractivity contribution is -0.126. The highest BCUT2D eigenvalue weighted by Crippen LogP contribution is 2.13. The number of hydrazine groups is 1. The molecule has 0 aliphatic carbocycles. The summed E-state index contributed by atoms with van der Waals surface area (Å²) in [6.07, 6.45) is 0.0570. The van der Waals surface area contributed by atoms with E-state index >= 15 is 0 Å². The first-order valence-electron chi connectivity index (χ1n) is 9.10. The molecule has 7 heteroatoms. The van der Waals surface area contributed by atoms with Gasteiger partial charge in [-0.3, -0.25) is 25.2 Å². The third-order valence-electron chi connectivity index (χ3n) is 3.72. The average molecular weight is 383 g/mol. The van der Waals surface area contributed by atoms with Crippen molar-refractivity contribution in [3.63, 3.8) is 0 Å². The fourth-order valence-corrected chi connectivity index (χ4v) is 2.33. The summed E-state index contributed by atoms with van der Waals surface area (Å²) in [5.41, 5.74) is 6.01. The third-order valence-corrected chi connectivity index (χ3v) is 3.72. The first kappa shape index (κ1) is 21.0. The minimum Gasteiger partial charge on any atom is -0.491 e. The van der Waals surface area contributed by atoms with E-state index in [0.717, 1.165) is 5.56 Å². The Balaban J connectivity index is 1.67. The van der Waals surface area contributed by atoms with Crippen molar-refractivity contribution >= 4 is 17.7 Å². The molecular formula is C21H25N3O4. The number of carbonyl (C=O) groups is 3. The van der Waals surface area contributed by atoms with E-state index in [9.17, 15) is 14.4 Å². The largest absolute Gasteiger partial charge is 0.491 e. The van der Waals surface area contributed by atoms with Crippen molar-refractivity contribution in [2.45, 2.75) is 39.3 Å². The van der Waals surface area contributed by atoms with Crippen LogP contribution in [0.1, 0.15) is 42.6 Å². The van der Waals surface area contributed by atoms with Crippen molar-refractivity contribution in [2.24, 2.45) is 0 Å². The van der Waals surface area contributed by atoms with Gasteiger partial charge in [0.2, 0.25) is 11.8 Å². The van der Waals surface area contributed by atoms with Gasteiger partial charge in [0, 0.05) is 24.9 Å². The van der Waals surface area contributed by atoms with Crippen LogP contribution >= 0.6 is 0 Å². The van der Waals surface area contributed by atoms with Crippen LogP contribution in [0.15, 0.2) is 54.6 Å². The van der Waals surface area contributed by atoms with E-state index < -0.39 is 11.8 Å². The number of hydrogen-bond donors (Lipinski definition) is 3. The molecule has 0 saturated carbocycles. The summed E-state index contributed by atoms with van der Waals surface area (Å²) in [7, 11) is 0. The fourth-order valence-electron chi connectivity index (χ4n) is 2.33. The summed E-state index contributed by atoms with van der Waals surface area (Å²) in [6.45, 7) is 4.24. The van der Waals surface area contributed by atoms with Gasteiger partial charge in [-0.2, -0.15) is 0 Å². The van der Waals surface area contributed by atoms with Gasteiger partial charge in [0.25, 0.3) is 5.91 Å². The van der Waals surface area contributed by atoms with Crippen LogP contribution in [-0.4, -0.2) is 23.8 Å². The SMILES string of the molecule is CC(C)Oc1ccc(C(=O)NNC(=O)CCC(=O)NCc2ccccc2)cc1. The highest BCUT2D eigenvalue weighted by atomic mass is 16.5. The molecule has 0 saturated heterocycles. The maximum absolute atomic E-state index is 12.0. The maximum Gasteiger partial charge on any atom is 0.269 e. The van der Waals surface area contributed by atoms with E-state index in [2.05, 4.69) is 16.2 Å². The molecule has 0 unspecified atom stereocenters. The first-order valence-corrected chi connectivity index (χ1v) is 9.10. The number of benzene rings is 2. The number of ether oxygens (including phenoxy) is 1. The molecule has 2 rings (SSSR count). The summed E-state index contributed by atoms with van der Waals surface area (Å²) >= 11 is 0. The fraction of sp³-hybridized carbons (Fsp3) is 0.286. The highest BCUT2D eigenvalue weighted by molar-refractivity contribution is 5.95. The second kappa shape index (κ2) is 10.7. The number of carbonyl (C=O) groups excluding carboxylic acids is 3. The molecule has 0 atom stereocenters. The molecule has 28 heavy (non-hydrogen) atoms. The maximum atomic E-state index is 12.0. The molecule has 2 aromatic rings. The lowest BCUT2D eigenvalue weighted by Gasteiger charge is -2.11. The molecule has 3 N–H and O–H groups in total. The molecule has 0 aliphatic rings. The minimum atomic E-state index is -0.446. The van der Waals surface area contributed by atoms with Crippen molar-refractivity contribution < 1.29 is 19.1 Å². The van der Waals surface area contributed by atoms with Gasteiger partial charge in [-0.25, -0.2) is 0 Å². The Morgan fingerprint density at radius 3 is 2.14 bits per heavy atom. The van der Waals surface area contributed by atoms with Crippen LogP contribution in [0.5, 0.6) is 5.75 Å². The molecule has 0 aromatic heterocycles. The Labute approximate surface area is 164 Å². The van der Waals surface area contributed by atoms with Gasteiger partial charge < -0.3 is 10.1 Å². The van der Waals surface area contributed by atoms with Crippen LogP contribution < -0.4 is 20.9 Å². The molecule has 3 amide bonds. The van der Waals surface area contributed by atoms with E-state index in [4.69, 9.17) is 4.74 Å². The average Bonchev–Trinajstić information content (AvgIpc) is 2.69. The molecule has 148 valence electrons. The minimum absolute atomic E-state index is 0.0257. The number of nitrogens with one attached hydrogen (secondary N) is 3. The summed E-state index contributed by atoms with van der Waals surface area (Å²) in [4.78, 5) is 35.6. The number of rotatable bonds is 8.